The quantitative estimate of drug-likeness (QED) is 0.285. The highest BCUT2D eigenvalue weighted by atomic mass is 32.1. The molecule has 3 aromatic rings. The van der Waals surface area contributed by atoms with E-state index in [2.05, 4.69) is 23.5 Å². The third-order valence-electron chi connectivity index (χ3n) is 7.54. The number of nitrogen functional groups attached to an aromatic ring is 1. The van der Waals surface area contributed by atoms with Gasteiger partial charge in [0.15, 0.2) is 0 Å². The number of carbonyl (C=O) groups is 2. The van der Waals surface area contributed by atoms with Crippen molar-refractivity contribution in [3.63, 3.8) is 0 Å². The zero-order valence-corrected chi connectivity index (χ0v) is 23.6. The lowest BCUT2D eigenvalue weighted by molar-refractivity contribution is -0.142. The topological polar surface area (TPSA) is 107 Å². The number of fused-ring (bicyclic) bond motifs is 1. The number of methoxy groups -OCH3 is 1. The van der Waals surface area contributed by atoms with E-state index in [-0.39, 0.29) is 30.1 Å². The third-order valence-corrected chi connectivity index (χ3v) is 8.62. The number of esters is 1. The summed E-state index contributed by atoms with van der Waals surface area (Å²) in [5.41, 5.74) is 11.4. The Morgan fingerprint density at radius 2 is 1.97 bits per heavy atom. The van der Waals surface area contributed by atoms with Crippen molar-refractivity contribution in [2.75, 3.05) is 25.9 Å². The molecule has 206 valence electrons. The first-order valence-corrected chi connectivity index (χ1v) is 14.4. The van der Waals surface area contributed by atoms with E-state index in [1.807, 2.05) is 43.1 Å². The van der Waals surface area contributed by atoms with Crippen LogP contribution >= 0.6 is 11.3 Å². The summed E-state index contributed by atoms with van der Waals surface area (Å²) in [4.78, 5) is 32.3. The minimum absolute atomic E-state index is 0.0130. The minimum Gasteiger partial charge on any atom is -0.489 e. The van der Waals surface area contributed by atoms with E-state index < -0.39 is 0 Å². The predicted octanol–water partition coefficient (Wildman–Crippen LogP) is 5.82. The molecule has 2 aromatic carbocycles. The number of urea groups is 1. The monoisotopic (exact) mass is 548 g/mol. The molecule has 0 spiro atoms. The van der Waals surface area contributed by atoms with E-state index in [4.69, 9.17) is 20.2 Å². The highest BCUT2D eigenvalue weighted by molar-refractivity contribution is 7.18. The Morgan fingerprint density at radius 1 is 1.18 bits per heavy atom. The van der Waals surface area contributed by atoms with Crippen LogP contribution in [0.2, 0.25) is 0 Å². The van der Waals surface area contributed by atoms with Gasteiger partial charge >= 0.3 is 12.0 Å². The fourth-order valence-electron chi connectivity index (χ4n) is 5.51. The summed E-state index contributed by atoms with van der Waals surface area (Å²) in [7, 11) is 1.42. The maximum absolute atomic E-state index is 13.1. The molecule has 0 radical (unpaired) electrons. The van der Waals surface area contributed by atoms with Gasteiger partial charge in [-0.15, -0.1) is 11.3 Å². The zero-order valence-electron chi connectivity index (χ0n) is 22.7. The second-order valence-electron chi connectivity index (χ2n) is 10.6. The van der Waals surface area contributed by atoms with Crippen molar-refractivity contribution in [1.29, 1.82) is 0 Å². The van der Waals surface area contributed by atoms with Gasteiger partial charge in [-0.2, -0.15) is 0 Å². The van der Waals surface area contributed by atoms with Gasteiger partial charge in [0.2, 0.25) is 0 Å². The number of nitrogens with one attached hydrogen (secondary N) is 1. The molecule has 5 rings (SSSR count). The average Bonchev–Trinajstić information content (AvgIpc) is 3.58. The van der Waals surface area contributed by atoms with Gasteiger partial charge in [-0.05, 0) is 80.3 Å². The van der Waals surface area contributed by atoms with Crippen molar-refractivity contribution >= 4 is 29.0 Å². The summed E-state index contributed by atoms with van der Waals surface area (Å²) in [6, 6.07) is 12.1. The molecule has 0 saturated carbocycles. The smallest absolute Gasteiger partial charge is 0.317 e. The normalized spacial score (nSPS) is 17.2. The minimum atomic E-state index is -0.178. The van der Waals surface area contributed by atoms with E-state index in [1.54, 1.807) is 11.3 Å². The molecule has 3 N–H and O–H groups in total. The number of ether oxygens (including phenoxy) is 2. The number of nitrogens with two attached hydrogens (primary N) is 1. The lowest BCUT2D eigenvalue weighted by Gasteiger charge is -2.32. The number of benzene rings is 2. The summed E-state index contributed by atoms with van der Waals surface area (Å²) in [6.45, 7) is 5.27. The number of hydrogen-bond acceptors (Lipinski definition) is 7. The molecule has 1 aliphatic heterocycles. The van der Waals surface area contributed by atoms with Crippen LogP contribution < -0.4 is 15.8 Å². The fraction of sp³-hybridized carbons (Fsp3) is 0.433. The number of carbonyl (C=O) groups excluding carboxylic acids is 2. The number of anilines is 1. The van der Waals surface area contributed by atoms with Crippen LogP contribution in [0, 0.1) is 5.92 Å². The first kappa shape index (κ1) is 27.0. The van der Waals surface area contributed by atoms with Gasteiger partial charge in [0.25, 0.3) is 0 Å². The van der Waals surface area contributed by atoms with Crippen LogP contribution in [-0.2, 0) is 16.0 Å². The molecule has 1 fully saturated rings. The standard InChI is InChI=1S/C30H36N4O4S/c1-18(2)38-26-10-7-20(16-24(26)31)29-32-17-27(39-29)23-6-4-5-22-21(23)8-9-25(22)33-30(36)34-13-11-19(12-14-34)15-28(35)37-3/h4-7,10,16-19,25H,8-9,11-15,31H2,1-3H3,(H,33,36)/t25-/m1/s1. The molecule has 0 bridgehead atoms. The Bertz CT molecular complexity index is 1350. The number of likely N-dealkylation sites (tertiary alicyclic amines) is 1. The number of rotatable bonds is 7. The molecule has 9 heteroatoms. The van der Waals surface area contributed by atoms with Crippen molar-refractivity contribution in [3.8, 4) is 26.8 Å². The number of hydrogen-bond donors (Lipinski definition) is 2. The summed E-state index contributed by atoms with van der Waals surface area (Å²) in [5, 5.41) is 4.17. The number of piperidine rings is 1. The van der Waals surface area contributed by atoms with Gasteiger partial charge in [0, 0.05) is 31.3 Å². The van der Waals surface area contributed by atoms with Gasteiger partial charge in [-0.25, -0.2) is 9.78 Å². The third kappa shape index (κ3) is 6.03. The van der Waals surface area contributed by atoms with Crippen molar-refractivity contribution in [3.05, 3.63) is 53.7 Å². The number of thiazole rings is 1. The van der Waals surface area contributed by atoms with E-state index in [9.17, 15) is 9.59 Å². The van der Waals surface area contributed by atoms with Crippen LogP contribution in [0.25, 0.3) is 21.0 Å². The van der Waals surface area contributed by atoms with Crippen LogP contribution in [0.15, 0.2) is 42.6 Å². The van der Waals surface area contributed by atoms with Gasteiger partial charge in [0.1, 0.15) is 10.8 Å². The molecule has 0 unspecified atom stereocenters. The van der Waals surface area contributed by atoms with Crippen molar-refractivity contribution < 1.29 is 19.1 Å². The molecule has 1 saturated heterocycles. The first-order chi connectivity index (χ1) is 18.8. The lowest BCUT2D eigenvalue weighted by Crippen LogP contribution is -2.45. The molecule has 2 amide bonds. The predicted molar refractivity (Wildman–Crippen MR) is 154 cm³/mol. The molecule has 2 heterocycles. The summed E-state index contributed by atoms with van der Waals surface area (Å²) < 4.78 is 10.6. The number of nitrogens with zero attached hydrogens (tertiary/aromatic N) is 2. The first-order valence-electron chi connectivity index (χ1n) is 13.6. The Balaban J connectivity index is 1.26. The number of aromatic nitrogens is 1. The maximum atomic E-state index is 13.1. The van der Waals surface area contributed by atoms with Gasteiger partial charge in [0.05, 0.1) is 29.8 Å². The van der Waals surface area contributed by atoms with Crippen LogP contribution in [-0.4, -0.2) is 48.2 Å². The fourth-order valence-corrected chi connectivity index (χ4v) is 6.47. The van der Waals surface area contributed by atoms with Crippen molar-refractivity contribution in [2.24, 2.45) is 5.92 Å². The molecule has 1 aliphatic carbocycles. The summed E-state index contributed by atoms with van der Waals surface area (Å²) in [5.74, 6) is 0.788. The zero-order chi connectivity index (χ0) is 27.5. The second-order valence-corrected chi connectivity index (χ2v) is 11.6. The van der Waals surface area contributed by atoms with Crippen LogP contribution in [0.1, 0.15) is 56.7 Å². The van der Waals surface area contributed by atoms with Gasteiger partial charge in [-0.3, -0.25) is 4.79 Å². The summed E-state index contributed by atoms with van der Waals surface area (Å²) >= 11 is 1.64. The van der Waals surface area contributed by atoms with Crippen LogP contribution in [0.3, 0.4) is 0 Å². The molecular formula is C30H36N4O4S. The molecule has 1 atom stereocenters. The second kappa shape index (κ2) is 11.7. The average molecular weight is 549 g/mol. The summed E-state index contributed by atoms with van der Waals surface area (Å²) in [6.07, 6.45) is 5.82. The molecule has 1 aromatic heterocycles. The molecular weight excluding hydrogens is 512 g/mol. The molecule has 39 heavy (non-hydrogen) atoms. The molecule has 2 aliphatic rings. The number of amides is 2. The van der Waals surface area contributed by atoms with Gasteiger partial charge < -0.3 is 25.4 Å². The Morgan fingerprint density at radius 3 is 2.69 bits per heavy atom. The molecule has 8 nitrogen and oxygen atoms in total. The van der Waals surface area contributed by atoms with E-state index in [0.717, 1.165) is 41.1 Å². The van der Waals surface area contributed by atoms with Crippen molar-refractivity contribution in [2.45, 2.75) is 58.1 Å². The maximum Gasteiger partial charge on any atom is 0.317 e. The van der Waals surface area contributed by atoms with Crippen LogP contribution in [0.5, 0.6) is 5.75 Å². The highest BCUT2D eigenvalue weighted by Crippen LogP contribution is 2.41. The van der Waals surface area contributed by atoms with Crippen molar-refractivity contribution in [1.82, 2.24) is 15.2 Å². The van der Waals surface area contributed by atoms with E-state index in [1.165, 1.54) is 23.8 Å². The van der Waals surface area contributed by atoms with E-state index in [0.29, 0.717) is 30.9 Å². The highest BCUT2D eigenvalue weighted by Gasteiger charge is 2.30. The SMILES string of the molecule is COC(=O)CC1CCN(C(=O)N[C@@H]2CCc3c(-c4cnc(-c5ccc(OC(C)C)c(N)c5)s4)cccc32)CC1. The van der Waals surface area contributed by atoms with Crippen LogP contribution in [0.4, 0.5) is 10.5 Å². The Kier molecular flexibility index (Phi) is 8.07. The van der Waals surface area contributed by atoms with E-state index >= 15 is 0 Å². The largest absolute Gasteiger partial charge is 0.489 e. The Labute approximate surface area is 233 Å². The van der Waals surface area contributed by atoms with Gasteiger partial charge in [-0.1, -0.05) is 18.2 Å². The Hall–Kier alpha value is -3.59. The lowest BCUT2D eigenvalue weighted by atomic mass is 9.94.